The van der Waals surface area contributed by atoms with Gasteiger partial charge in [-0.2, -0.15) is 9.97 Å². The van der Waals surface area contributed by atoms with E-state index in [1.807, 2.05) is 20.8 Å². The second-order valence-corrected chi connectivity index (χ2v) is 2.28. The molecule has 11 heavy (non-hydrogen) atoms. The summed E-state index contributed by atoms with van der Waals surface area (Å²) in [5, 5.41) is 3.03. The Balaban J connectivity index is 2.89. The minimum atomic E-state index is 0.664. The van der Waals surface area contributed by atoms with Crippen molar-refractivity contribution in [3.63, 3.8) is 0 Å². The standard InChI is InChI=1S/C7H12N4/c1-4-8-7-10-5(2)9-6(3)11-7/h4H2,1-3H3,(H,8,9,10,11). The van der Waals surface area contributed by atoms with Gasteiger partial charge in [0.2, 0.25) is 5.95 Å². The molecule has 0 aliphatic carbocycles. The zero-order valence-electron chi connectivity index (χ0n) is 7.05. The average Bonchev–Trinajstić information content (AvgIpc) is 1.85. The van der Waals surface area contributed by atoms with Crippen LogP contribution in [0.4, 0.5) is 5.95 Å². The van der Waals surface area contributed by atoms with Gasteiger partial charge >= 0.3 is 0 Å². The van der Waals surface area contributed by atoms with Crippen LogP contribution < -0.4 is 5.32 Å². The van der Waals surface area contributed by atoms with Crippen LogP contribution in [0.5, 0.6) is 0 Å². The lowest BCUT2D eigenvalue weighted by Crippen LogP contribution is -2.05. The van der Waals surface area contributed by atoms with Crippen LogP contribution in [0.2, 0.25) is 0 Å². The Morgan fingerprint density at radius 2 is 1.64 bits per heavy atom. The fourth-order valence-corrected chi connectivity index (χ4v) is 0.853. The van der Waals surface area contributed by atoms with Crippen molar-refractivity contribution in [2.24, 2.45) is 0 Å². The van der Waals surface area contributed by atoms with E-state index in [1.54, 1.807) is 0 Å². The summed E-state index contributed by atoms with van der Waals surface area (Å²) in [6, 6.07) is 0. The number of nitrogens with zero attached hydrogens (tertiary/aromatic N) is 3. The third-order valence-corrected chi connectivity index (χ3v) is 1.19. The predicted molar refractivity (Wildman–Crippen MR) is 43.5 cm³/mol. The van der Waals surface area contributed by atoms with Gasteiger partial charge in [0.05, 0.1) is 0 Å². The van der Waals surface area contributed by atoms with Crippen LogP contribution in [-0.4, -0.2) is 21.5 Å². The molecule has 1 aromatic rings. The summed E-state index contributed by atoms with van der Waals surface area (Å²) < 4.78 is 0. The number of anilines is 1. The number of hydrogen-bond acceptors (Lipinski definition) is 4. The fraction of sp³-hybridized carbons (Fsp3) is 0.571. The van der Waals surface area contributed by atoms with Crippen LogP contribution in [0.1, 0.15) is 18.6 Å². The zero-order chi connectivity index (χ0) is 8.27. The molecule has 1 N–H and O–H groups in total. The Morgan fingerprint density at radius 3 is 2.09 bits per heavy atom. The van der Waals surface area contributed by atoms with E-state index in [0.717, 1.165) is 18.2 Å². The van der Waals surface area contributed by atoms with Gasteiger partial charge in [0, 0.05) is 6.54 Å². The maximum absolute atomic E-state index is 4.09. The molecule has 0 bridgehead atoms. The van der Waals surface area contributed by atoms with Crippen molar-refractivity contribution in [1.29, 1.82) is 0 Å². The van der Waals surface area contributed by atoms with Gasteiger partial charge < -0.3 is 5.32 Å². The van der Waals surface area contributed by atoms with Crippen molar-refractivity contribution in [1.82, 2.24) is 15.0 Å². The van der Waals surface area contributed by atoms with E-state index in [2.05, 4.69) is 20.3 Å². The highest BCUT2D eigenvalue weighted by Crippen LogP contribution is 1.98. The molecule has 60 valence electrons. The third-order valence-electron chi connectivity index (χ3n) is 1.19. The summed E-state index contributed by atoms with van der Waals surface area (Å²) in [6.45, 7) is 6.56. The summed E-state index contributed by atoms with van der Waals surface area (Å²) in [4.78, 5) is 12.2. The number of aromatic nitrogens is 3. The zero-order valence-corrected chi connectivity index (χ0v) is 7.05. The van der Waals surface area contributed by atoms with Crippen LogP contribution >= 0.6 is 0 Å². The van der Waals surface area contributed by atoms with Gasteiger partial charge in [-0.1, -0.05) is 0 Å². The second kappa shape index (κ2) is 3.27. The molecule has 0 radical (unpaired) electrons. The number of hydrogen-bond donors (Lipinski definition) is 1. The van der Waals surface area contributed by atoms with Gasteiger partial charge in [-0.15, -0.1) is 0 Å². The molecule has 0 atom stereocenters. The van der Waals surface area contributed by atoms with Gasteiger partial charge in [-0.3, -0.25) is 0 Å². The highest BCUT2D eigenvalue weighted by atomic mass is 15.1. The average molecular weight is 152 g/mol. The summed E-state index contributed by atoms with van der Waals surface area (Å²) >= 11 is 0. The Kier molecular flexibility index (Phi) is 2.36. The molecule has 0 aliphatic rings. The first-order valence-electron chi connectivity index (χ1n) is 3.65. The number of rotatable bonds is 2. The quantitative estimate of drug-likeness (QED) is 0.684. The summed E-state index contributed by atoms with van der Waals surface area (Å²) in [5.74, 6) is 2.18. The fourth-order valence-electron chi connectivity index (χ4n) is 0.853. The maximum Gasteiger partial charge on any atom is 0.226 e. The van der Waals surface area contributed by atoms with E-state index in [0.29, 0.717) is 5.95 Å². The Bertz CT molecular complexity index is 226. The lowest BCUT2D eigenvalue weighted by Gasteiger charge is -2.01. The van der Waals surface area contributed by atoms with Gasteiger partial charge in [0.15, 0.2) is 0 Å². The van der Waals surface area contributed by atoms with Crippen LogP contribution in [0.15, 0.2) is 0 Å². The number of nitrogens with one attached hydrogen (secondary N) is 1. The van der Waals surface area contributed by atoms with Crippen LogP contribution in [0.25, 0.3) is 0 Å². The summed E-state index contributed by atoms with van der Waals surface area (Å²) in [6.07, 6.45) is 0. The molecule has 0 unspecified atom stereocenters. The molecule has 0 aliphatic heterocycles. The molecule has 0 spiro atoms. The molecule has 1 heterocycles. The minimum absolute atomic E-state index is 0.664. The Labute approximate surface area is 66.1 Å². The normalized spacial score (nSPS) is 9.73. The first-order chi connectivity index (χ1) is 5.22. The first kappa shape index (κ1) is 7.91. The molecule has 1 rings (SSSR count). The molecule has 0 saturated carbocycles. The summed E-state index contributed by atoms with van der Waals surface area (Å²) in [7, 11) is 0. The van der Waals surface area contributed by atoms with E-state index < -0.39 is 0 Å². The van der Waals surface area contributed by atoms with E-state index >= 15 is 0 Å². The SMILES string of the molecule is CCNc1nc(C)nc(C)n1. The highest BCUT2D eigenvalue weighted by molar-refractivity contribution is 5.23. The van der Waals surface area contributed by atoms with Crippen molar-refractivity contribution in [3.05, 3.63) is 11.6 Å². The molecular formula is C7H12N4. The predicted octanol–water partition coefficient (Wildman–Crippen LogP) is 0.920. The van der Waals surface area contributed by atoms with E-state index in [-0.39, 0.29) is 0 Å². The second-order valence-electron chi connectivity index (χ2n) is 2.28. The van der Waals surface area contributed by atoms with Crippen molar-refractivity contribution in [3.8, 4) is 0 Å². The molecule has 4 nitrogen and oxygen atoms in total. The highest BCUT2D eigenvalue weighted by Gasteiger charge is 1.96. The lowest BCUT2D eigenvalue weighted by molar-refractivity contribution is 0.914. The van der Waals surface area contributed by atoms with Crippen molar-refractivity contribution >= 4 is 5.95 Å². The van der Waals surface area contributed by atoms with Crippen LogP contribution in [0.3, 0.4) is 0 Å². The molecule has 0 amide bonds. The van der Waals surface area contributed by atoms with Crippen LogP contribution in [-0.2, 0) is 0 Å². The molecule has 4 heteroatoms. The third kappa shape index (κ3) is 2.14. The molecule has 0 aromatic carbocycles. The van der Waals surface area contributed by atoms with Crippen molar-refractivity contribution in [2.45, 2.75) is 20.8 Å². The Morgan fingerprint density at radius 1 is 1.09 bits per heavy atom. The van der Waals surface area contributed by atoms with Gasteiger partial charge in [-0.05, 0) is 20.8 Å². The topological polar surface area (TPSA) is 50.7 Å². The minimum Gasteiger partial charge on any atom is -0.354 e. The molecule has 0 saturated heterocycles. The smallest absolute Gasteiger partial charge is 0.226 e. The molecular weight excluding hydrogens is 140 g/mol. The summed E-state index contributed by atoms with van der Waals surface area (Å²) in [5.41, 5.74) is 0. The van der Waals surface area contributed by atoms with Gasteiger partial charge in [-0.25, -0.2) is 4.98 Å². The monoisotopic (exact) mass is 152 g/mol. The first-order valence-corrected chi connectivity index (χ1v) is 3.65. The van der Waals surface area contributed by atoms with E-state index in [4.69, 9.17) is 0 Å². The number of aryl methyl sites for hydroxylation is 2. The van der Waals surface area contributed by atoms with Crippen LogP contribution in [0, 0.1) is 13.8 Å². The van der Waals surface area contributed by atoms with E-state index in [1.165, 1.54) is 0 Å². The van der Waals surface area contributed by atoms with Crippen molar-refractivity contribution < 1.29 is 0 Å². The van der Waals surface area contributed by atoms with E-state index in [9.17, 15) is 0 Å². The van der Waals surface area contributed by atoms with Crippen molar-refractivity contribution in [2.75, 3.05) is 11.9 Å². The molecule has 1 aromatic heterocycles. The van der Waals surface area contributed by atoms with Gasteiger partial charge in [0.1, 0.15) is 11.6 Å². The van der Waals surface area contributed by atoms with Gasteiger partial charge in [0.25, 0.3) is 0 Å². The molecule has 0 fully saturated rings. The Hall–Kier alpha value is -1.19. The maximum atomic E-state index is 4.09. The largest absolute Gasteiger partial charge is 0.354 e. The lowest BCUT2D eigenvalue weighted by atomic mass is 10.6.